The molecule has 0 saturated carbocycles. The van der Waals surface area contributed by atoms with Crippen LogP contribution < -0.4 is 14.7 Å². The largest absolute Gasteiger partial charge is 0.378 e. The van der Waals surface area contributed by atoms with Gasteiger partial charge in [-0.1, -0.05) is 13.0 Å². The molecule has 0 spiro atoms. The standard InChI is InChI=1S/C22H29FN4O/c1-2-9-27(20-5-3-4-18(23)15-20)21-7-10-26(17-21)22-16-19(6-8-24-22)25-11-13-28-14-12-25/h3-6,8,15-16,21H,2,7,9-14,17H2,1H3/t21-/m0/s1. The molecular weight excluding hydrogens is 355 g/mol. The number of morpholine rings is 1. The lowest BCUT2D eigenvalue weighted by atomic mass is 10.1. The topological polar surface area (TPSA) is 31.8 Å². The van der Waals surface area contributed by atoms with E-state index in [9.17, 15) is 4.39 Å². The van der Waals surface area contributed by atoms with E-state index in [1.165, 1.54) is 11.8 Å². The van der Waals surface area contributed by atoms with E-state index in [-0.39, 0.29) is 5.82 Å². The zero-order valence-corrected chi connectivity index (χ0v) is 16.6. The average molecular weight is 384 g/mol. The molecule has 2 saturated heterocycles. The number of pyridine rings is 1. The van der Waals surface area contributed by atoms with Crippen LogP contribution in [0.15, 0.2) is 42.6 Å². The molecule has 1 atom stereocenters. The predicted molar refractivity (Wildman–Crippen MR) is 112 cm³/mol. The maximum absolute atomic E-state index is 13.8. The minimum atomic E-state index is -0.173. The van der Waals surface area contributed by atoms with Gasteiger partial charge in [0.15, 0.2) is 0 Å². The number of halogens is 1. The predicted octanol–water partition coefficient (Wildman–Crippen LogP) is 3.55. The summed E-state index contributed by atoms with van der Waals surface area (Å²) in [7, 11) is 0. The lowest BCUT2D eigenvalue weighted by molar-refractivity contribution is 0.122. The molecule has 0 unspecified atom stereocenters. The number of ether oxygens (including phenoxy) is 1. The van der Waals surface area contributed by atoms with Gasteiger partial charge in [-0.3, -0.25) is 0 Å². The molecule has 1 aromatic carbocycles. The van der Waals surface area contributed by atoms with E-state index in [4.69, 9.17) is 4.74 Å². The molecule has 2 aromatic rings. The molecule has 0 N–H and O–H groups in total. The summed E-state index contributed by atoms with van der Waals surface area (Å²) in [6, 6.07) is 11.6. The molecule has 6 heteroatoms. The highest BCUT2D eigenvalue weighted by Crippen LogP contribution is 2.28. The van der Waals surface area contributed by atoms with E-state index in [0.717, 1.165) is 70.3 Å². The fourth-order valence-corrected chi connectivity index (χ4v) is 4.22. The third-order valence-electron chi connectivity index (χ3n) is 5.64. The first kappa shape index (κ1) is 19.0. The first-order valence-corrected chi connectivity index (χ1v) is 10.3. The molecule has 2 aliphatic heterocycles. The minimum absolute atomic E-state index is 0.173. The van der Waals surface area contributed by atoms with Crippen LogP contribution in [0.4, 0.5) is 21.6 Å². The van der Waals surface area contributed by atoms with Crippen LogP contribution in [0, 0.1) is 5.82 Å². The fraction of sp³-hybridized carbons (Fsp3) is 0.500. The Morgan fingerprint density at radius 1 is 1.14 bits per heavy atom. The second kappa shape index (κ2) is 8.78. The van der Waals surface area contributed by atoms with Crippen molar-refractivity contribution in [2.24, 2.45) is 0 Å². The van der Waals surface area contributed by atoms with Crippen LogP contribution in [0.5, 0.6) is 0 Å². The zero-order chi connectivity index (χ0) is 19.3. The number of rotatable bonds is 6. The molecule has 0 radical (unpaired) electrons. The van der Waals surface area contributed by atoms with Gasteiger partial charge in [0.2, 0.25) is 0 Å². The maximum Gasteiger partial charge on any atom is 0.130 e. The van der Waals surface area contributed by atoms with Gasteiger partial charge < -0.3 is 19.4 Å². The molecular formula is C22H29FN4O. The SMILES string of the molecule is CCCN(c1cccc(F)c1)[C@H]1CCN(c2cc(N3CCOCC3)ccn2)C1. The van der Waals surface area contributed by atoms with Gasteiger partial charge in [0.05, 0.1) is 13.2 Å². The molecule has 28 heavy (non-hydrogen) atoms. The van der Waals surface area contributed by atoms with Crippen molar-refractivity contribution >= 4 is 17.2 Å². The molecule has 3 heterocycles. The highest BCUT2D eigenvalue weighted by atomic mass is 19.1. The van der Waals surface area contributed by atoms with E-state index in [2.05, 4.69) is 38.7 Å². The zero-order valence-electron chi connectivity index (χ0n) is 16.6. The Morgan fingerprint density at radius 2 is 2.00 bits per heavy atom. The van der Waals surface area contributed by atoms with Gasteiger partial charge >= 0.3 is 0 Å². The summed E-state index contributed by atoms with van der Waals surface area (Å²) in [5.41, 5.74) is 2.19. The Morgan fingerprint density at radius 3 is 2.79 bits per heavy atom. The van der Waals surface area contributed by atoms with Gasteiger partial charge in [0.25, 0.3) is 0 Å². The number of aromatic nitrogens is 1. The maximum atomic E-state index is 13.8. The molecule has 150 valence electrons. The Balaban J connectivity index is 1.48. The van der Waals surface area contributed by atoms with Crippen molar-refractivity contribution in [1.29, 1.82) is 0 Å². The van der Waals surface area contributed by atoms with E-state index in [1.807, 2.05) is 12.3 Å². The summed E-state index contributed by atoms with van der Waals surface area (Å²) in [4.78, 5) is 11.7. The van der Waals surface area contributed by atoms with Crippen molar-refractivity contribution < 1.29 is 9.13 Å². The summed E-state index contributed by atoms with van der Waals surface area (Å²) in [5.74, 6) is 0.857. The number of nitrogens with zero attached hydrogens (tertiary/aromatic N) is 4. The Labute approximate surface area is 166 Å². The molecule has 1 aromatic heterocycles. The van der Waals surface area contributed by atoms with E-state index in [1.54, 1.807) is 12.1 Å². The van der Waals surface area contributed by atoms with Crippen LogP contribution in [0.25, 0.3) is 0 Å². The van der Waals surface area contributed by atoms with Gasteiger partial charge in [-0.25, -0.2) is 9.37 Å². The van der Waals surface area contributed by atoms with Gasteiger partial charge in [-0.05, 0) is 37.1 Å². The minimum Gasteiger partial charge on any atom is -0.378 e. The normalized spacial score (nSPS) is 19.9. The fourth-order valence-electron chi connectivity index (χ4n) is 4.22. The van der Waals surface area contributed by atoms with E-state index < -0.39 is 0 Å². The van der Waals surface area contributed by atoms with Crippen LogP contribution in [0.3, 0.4) is 0 Å². The summed E-state index contributed by atoms with van der Waals surface area (Å²) in [6.45, 7) is 8.41. The second-order valence-electron chi connectivity index (χ2n) is 7.53. The van der Waals surface area contributed by atoms with E-state index in [0.29, 0.717) is 6.04 Å². The molecule has 2 fully saturated rings. The Kier molecular flexibility index (Phi) is 5.95. The second-order valence-corrected chi connectivity index (χ2v) is 7.53. The molecule has 0 aliphatic carbocycles. The first-order chi connectivity index (χ1) is 13.7. The summed E-state index contributed by atoms with van der Waals surface area (Å²) in [5, 5.41) is 0. The van der Waals surface area contributed by atoms with Crippen LogP contribution in [0.2, 0.25) is 0 Å². The van der Waals surface area contributed by atoms with Crippen LogP contribution >= 0.6 is 0 Å². The van der Waals surface area contributed by atoms with Gasteiger partial charge in [-0.2, -0.15) is 0 Å². The van der Waals surface area contributed by atoms with Crippen LogP contribution in [0.1, 0.15) is 19.8 Å². The van der Waals surface area contributed by atoms with Crippen molar-refractivity contribution in [2.45, 2.75) is 25.8 Å². The summed E-state index contributed by atoms with van der Waals surface area (Å²) < 4.78 is 19.2. The van der Waals surface area contributed by atoms with E-state index >= 15 is 0 Å². The molecule has 4 rings (SSSR count). The quantitative estimate of drug-likeness (QED) is 0.760. The van der Waals surface area contributed by atoms with Gasteiger partial charge in [0, 0.05) is 62.4 Å². The molecule has 0 bridgehead atoms. The number of benzene rings is 1. The average Bonchev–Trinajstić information content (AvgIpc) is 3.23. The Hall–Kier alpha value is -2.34. The molecule has 5 nitrogen and oxygen atoms in total. The highest BCUT2D eigenvalue weighted by molar-refractivity contribution is 5.56. The van der Waals surface area contributed by atoms with Crippen LogP contribution in [-0.4, -0.2) is 57.0 Å². The third kappa shape index (κ3) is 4.22. The lowest BCUT2D eigenvalue weighted by Crippen LogP contribution is -2.38. The van der Waals surface area contributed by atoms with Crippen molar-refractivity contribution in [3.63, 3.8) is 0 Å². The first-order valence-electron chi connectivity index (χ1n) is 10.3. The molecule has 2 aliphatic rings. The van der Waals surface area contributed by atoms with Crippen molar-refractivity contribution in [2.75, 3.05) is 60.6 Å². The third-order valence-corrected chi connectivity index (χ3v) is 5.64. The van der Waals surface area contributed by atoms with Crippen molar-refractivity contribution in [3.05, 3.63) is 48.4 Å². The lowest BCUT2D eigenvalue weighted by Gasteiger charge is -2.31. The van der Waals surface area contributed by atoms with Gasteiger partial charge in [-0.15, -0.1) is 0 Å². The molecule has 0 amide bonds. The summed E-state index contributed by atoms with van der Waals surface area (Å²) >= 11 is 0. The summed E-state index contributed by atoms with van der Waals surface area (Å²) in [6.07, 6.45) is 4.00. The monoisotopic (exact) mass is 384 g/mol. The Bertz CT molecular complexity index is 781. The van der Waals surface area contributed by atoms with Gasteiger partial charge in [0.1, 0.15) is 11.6 Å². The van der Waals surface area contributed by atoms with Crippen LogP contribution in [-0.2, 0) is 4.74 Å². The van der Waals surface area contributed by atoms with Crippen molar-refractivity contribution in [3.8, 4) is 0 Å². The van der Waals surface area contributed by atoms with Crippen molar-refractivity contribution in [1.82, 2.24) is 4.98 Å². The number of hydrogen-bond acceptors (Lipinski definition) is 5. The number of anilines is 3. The number of hydrogen-bond donors (Lipinski definition) is 0. The highest BCUT2D eigenvalue weighted by Gasteiger charge is 2.29. The smallest absolute Gasteiger partial charge is 0.130 e.